The lowest BCUT2D eigenvalue weighted by atomic mass is 9.90. The van der Waals surface area contributed by atoms with Crippen LogP contribution in [-0.4, -0.2) is 17.8 Å². The molecule has 88 valence electrons. The van der Waals surface area contributed by atoms with Gasteiger partial charge in [0.1, 0.15) is 0 Å². The van der Waals surface area contributed by atoms with E-state index in [1.54, 1.807) is 0 Å². The van der Waals surface area contributed by atoms with Gasteiger partial charge in [-0.05, 0) is 36.0 Å². The molecule has 1 saturated carbocycles. The standard InChI is InChI=1S/C13H18ClNO/c1-8-5-11(8)13(16)12(7-15)9-3-2-4-10(14)6-9/h2-4,6,8,11-13,16H,5,7,15H2,1H3. The second-order valence-electron chi connectivity index (χ2n) is 4.76. The first kappa shape index (κ1) is 11.9. The Morgan fingerprint density at radius 1 is 1.56 bits per heavy atom. The monoisotopic (exact) mass is 239 g/mol. The number of nitrogens with two attached hydrogens (primary N) is 1. The van der Waals surface area contributed by atoms with Gasteiger partial charge in [0.2, 0.25) is 0 Å². The van der Waals surface area contributed by atoms with Gasteiger partial charge in [-0.15, -0.1) is 0 Å². The number of hydrogen-bond donors (Lipinski definition) is 2. The molecule has 1 aromatic rings. The molecule has 2 rings (SSSR count). The fraction of sp³-hybridized carbons (Fsp3) is 0.538. The number of rotatable bonds is 4. The molecule has 0 saturated heterocycles. The number of hydrogen-bond acceptors (Lipinski definition) is 2. The summed E-state index contributed by atoms with van der Waals surface area (Å²) in [7, 11) is 0. The van der Waals surface area contributed by atoms with Gasteiger partial charge in [0.25, 0.3) is 0 Å². The number of aliphatic hydroxyl groups excluding tert-OH is 1. The molecule has 0 spiro atoms. The first-order chi connectivity index (χ1) is 7.63. The quantitative estimate of drug-likeness (QED) is 0.848. The van der Waals surface area contributed by atoms with Gasteiger partial charge in [-0.2, -0.15) is 0 Å². The van der Waals surface area contributed by atoms with Crippen molar-refractivity contribution in [2.24, 2.45) is 17.6 Å². The lowest BCUT2D eigenvalue weighted by Crippen LogP contribution is -2.28. The van der Waals surface area contributed by atoms with Crippen molar-refractivity contribution in [2.75, 3.05) is 6.54 Å². The highest BCUT2D eigenvalue weighted by Gasteiger charge is 2.42. The van der Waals surface area contributed by atoms with Crippen LogP contribution >= 0.6 is 11.6 Å². The van der Waals surface area contributed by atoms with Crippen molar-refractivity contribution >= 4 is 11.6 Å². The summed E-state index contributed by atoms with van der Waals surface area (Å²) in [6, 6.07) is 7.63. The molecule has 2 nitrogen and oxygen atoms in total. The van der Waals surface area contributed by atoms with Crippen LogP contribution in [0.5, 0.6) is 0 Å². The van der Waals surface area contributed by atoms with Crippen molar-refractivity contribution in [3.8, 4) is 0 Å². The molecule has 16 heavy (non-hydrogen) atoms. The Morgan fingerprint density at radius 3 is 2.75 bits per heavy atom. The van der Waals surface area contributed by atoms with Crippen molar-refractivity contribution in [3.63, 3.8) is 0 Å². The van der Waals surface area contributed by atoms with Gasteiger partial charge in [-0.3, -0.25) is 0 Å². The summed E-state index contributed by atoms with van der Waals surface area (Å²) in [5.41, 5.74) is 6.81. The predicted octanol–water partition coefficient (Wildman–Crippen LogP) is 2.40. The van der Waals surface area contributed by atoms with Crippen LogP contribution in [0.25, 0.3) is 0 Å². The molecule has 1 fully saturated rings. The molecule has 0 heterocycles. The van der Waals surface area contributed by atoms with Crippen LogP contribution in [0.3, 0.4) is 0 Å². The molecular weight excluding hydrogens is 222 g/mol. The van der Waals surface area contributed by atoms with E-state index in [2.05, 4.69) is 6.92 Å². The molecular formula is C13H18ClNO. The molecule has 4 unspecified atom stereocenters. The Morgan fingerprint density at radius 2 is 2.25 bits per heavy atom. The van der Waals surface area contributed by atoms with Crippen molar-refractivity contribution in [1.82, 2.24) is 0 Å². The van der Waals surface area contributed by atoms with Crippen molar-refractivity contribution in [3.05, 3.63) is 34.9 Å². The fourth-order valence-electron chi connectivity index (χ4n) is 2.34. The third-order valence-electron chi connectivity index (χ3n) is 3.55. The van der Waals surface area contributed by atoms with Gasteiger partial charge in [0.05, 0.1) is 6.10 Å². The highest BCUT2D eigenvalue weighted by molar-refractivity contribution is 6.30. The smallest absolute Gasteiger partial charge is 0.0651 e. The van der Waals surface area contributed by atoms with E-state index in [4.69, 9.17) is 17.3 Å². The van der Waals surface area contributed by atoms with Gasteiger partial charge < -0.3 is 10.8 Å². The van der Waals surface area contributed by atoms with Crippen LogP contribution < -0.4 is 5.73 Å². The maximum absolute atomic E-state index is 10.2. The average Bonchev–Trinajstić information content (AvgIpc) is 2.96. The second-order valence-corrected chi connectivity index (χ2v) is 5.20. The summed E-state index contributed by atoms with van der Waals surface area (Å²) >= 11 is 5.95. The van der Waals surface area contributed by atoms with Crippen molar-refractivity contribution in [2.45, 2.75) is 25.4 Å². The van der Waals surface area contributed by atoms with Gasteiger partial charge in [0, 0.05) is 17.5 Å². The number of benzene rings is 1. The van der Waals surface area contributed by atoms with E-state index in [1.807, 2.05) is 24.3 Å². The Labute approximate surface area is 101 Å². The first-order valence-electron chi connectivity index (χ1n) is 5.77. The zero-order valence-corrected chi connectivity index (χ0v) is 10.2. The Balaban J connectivity index is 2.15. The molecule has 0 amide bonds. The second kappa shape index (κ2) is 4.74. The molecule has 0 bridgehead atoms. The van der Waals surface area contributed by atoms with E-state index < -0.39 is 0 Å². The number of aliphatic hydroxyl groups is 1. The molecule has 0 aromatic heterocycles. The van der Waals surface area contributed by atoms with Gasteiger partial charge >= 0.3 is 0 Å². The van der Waals surface area contributed by atoms with Gasteiger partial charge in [0.15, 0.2) is 0 Å². The minimum Gasteiger partial charge on any atom is -0.392 e. The third kappa shape index (κ3) is 2.40. The van der Waals surface area contributed by atoms with Crippen LogP contribution in [0.15, 0.2) is 24.3 Å². The molecule has 3 heteroatoms. The lowest BCUT2D eigenvalue weighted by Gasteiger charge is -2.22. The summed E-state index contributed by atoms with van der Waals surface area (Å²) in [4.78, 5) is 0. The van der Waals surface area contributed by atoms with E-state index in [1.165, 1.54) is 0 Å². The largest absolute Gasteiger partial charge is 0.392 e. The molecule has 3 N–H and O–H groups in total. The number of halogens is 1. The summed E-state index contributed by atoms with van der Waals surface area (Å²) < 4.78 is 0. The Bertz CT molecular complexity index is 369. The van der Waals surface area contributed by atoms with Crippen LogP contribution in [0.2, 0.25) is 5.02 Å². The zero-order chi connectivity index (χ0) is 11.7. The van der Waals surface area contributed by atoms with E-state index in [0.717, 1.165) is 12.0 Å². The van der Waals surface area contributed by atoms with Crippen molar-refractivity contribution < 1.29 is 5.11 Å². The highest BCUT2D eigenvalue weighted by Crippen LogP contribution is 2.44. The topological polar surface area (TPSA) is 46.2 Å². The van der Waals surface area contributed by atoms with Crippen LogP contribution in [0.1, 0.15) is 24.8 Å². The lowest BCUT2D eigenvalue weighted by molar-refractivity contribution is 0.118. The Kier molecular flexibility index (Phi) is 3.53. The normalized spacial score (nSPS) is 27.5. The van der Waals surface area contributed by atoms with Crippen LogP contribution in [-0.2, 0) is 0 Å². The van der Waals surface area contributed by atoms with E-state index >= 15 is 0 Å². The van der Waals surface area contributed by atoms with E-state index in [9.17, 15) is 5.11 Å². The van der Waals surface area contributed by atoms with Crippen molar-refractivity contribution in [1.29, 1.82) is 0 Å². The molecule has 1 aromatic carbocycles. The molecule has 0 aliphatic heterocycles. The summed E-state index contributed by atoms with van der Waals surface area (Å²) in [6.07, 6.45) is 0.775. The minimum absolute atomic E-state index is 0.00801. The maximum Gasteiger partial charge on any atom is 0.0651 e. The SMILES string of the molecule is CC1CC1C(O)C(CN)c1cccc(Cl)c1. The highest BCUT2D eigenvalue weighted by atomic mass is 35.5. The zero-order valence-electron chi connectivity index (χ0n) is 9.44. The fourth-order valence-corrected chi connectivity index (χ4v) is 2.53. The first-order valence-corrected chi connectivity index (χ1v) is 6.15. The third-order valence-corrected chi connectivity index (χ3v) is 3.79. The van der Waals surface area contributed by atoms with Crippen LogP contribution in [0, 0.1) is 11.8 Å². The Hall–Kier alpha value is -0.570. The van der Waals surface area contributed by atoms with Crippen LogP contribution in [0.4, 0.5) is 0 Å². The summed E-state index contributed by atoms with van der Waals surface area (Å²) in [5, 5.41) is 10.9. The van der Waals surface area contributed by atoms with E-state index in [0.29, 0.717) is 23.4 Å². The summed E-state index contributed by atoms with van der Waals surface area (Å²) in [6.45, 7) is 2.63. The van der Waals surface area contributed by atoms with Gasteiger partial charge in [-0.25, -0.2) is 0 Å². The minimum atomic E-state index is -0.335. The van der Waals surface area contributed by atoms with E-state index in [-0.39, 0.29) is 12.0 Å². The van der Waals surface area contributed by atoms with Gasteiger partial charge in [-0.1, -0.05) is 30.7 Å². The summed E-state index contributed by atoms with van der Waals surface area (Å²) in [5.74, 6) is 1.05. The maximum atomic E-state index is 10.2. The molecule has 1 aliphatic rings. The molecule has 4 atom stereocenters. The molecule has 1 aliphatic carbocycles. The molecule has 0 radical (unpaired) electrons. The average molecular weight is 240 g/mol. The predicted molar refractivity (Wildman–Crippen MR) is 66.5 cm³/mol.